The summed E-state index contributed by atoms with van der Waals surface area (Å²) in [6.07, 6.45) is 0.409. The van der Waals surface area contributed by atoms with Gasteiger partial charge in [-0.3, -0.25) is 14.3 Å². The van der Waals surface area contributed by atoms with Crippen LogP contribution in [0.1, 0.15) is 25.1 Å². The van der Waals surface area contributed by atoms with Gasteiger partial charge >= 0.3 is 5.69 Å². The summed E-state index contributed by atoms with van der Waals surface area (Å²) in [5.74, 6) is 0. The van der Waals surface area contributed by atoms with E-state index in [4.69, 9.17) is 9.47 Å². The molecule has 112 valence electrons. The van der Waals surface area contributed by atoms with Gasteiger partial charge in [-0.2, -0.15) is 0 Å². The molecule has 8 heteroatoms. The number of aromatic amines is 1. The van der Waals surface area contributed by atoms with Crippen molar-refractivity contribution in [1.82, 2.24) is 9.55 Å². The zero-order valence-corrected chi connectivity index (χ0v) is 12.2. The predicted molar refractivity (Wildman–Crippen MR) is 75.0 cm³/mol. The second kappa shape index (κ2) is 6.13. The lowest BCUT2D eigenvalue weighted by Crippen LogP contribution is -2.33. The number of hydrogen-bond donors (Lipinski definition) is 3. The molecule has 0 aromatic carbocycles. The lowest BCUT2D eigenvalue weighted by molar-refractivity contribution is -0.0645. The average molecular weight is 302 g/mol. The summed E-state index contributed by atoms with van der Waals surface area (Å²) in [6.45, 7) is 3.16. The molecule has 1 aliphatic heterocycles. The fourth-order valence-corrected chi connectivity index (χ4v) is 2.39. The number of H-pyrrole nitrogens is 1. The van der Waals surface area contributed by atoms with Crippen LogP contribution in [0, 0.1) is 6.92 Å². The highest BCUT2D eigenvalue weighted by Crippen LogP contribution is 2.30. The molecule has 7 nitrogen and oxygen atoms in total. The van der Waals surface area contributed by atoms with Gasteiger partial charge < -0.3 is 14.6 Å². The average Bonchev–Trinajstić information content (AvgIpc) is 2.75. The Bertz CT molecular complexity index is 582. The normalized spacial score (nSPS) is 27.7. The summed E-state index contributed by atoms with van der Waals surface area (Å²) >= 11 is 4.14. The van der Waals surface area contributed by atoms with Crippen LogP contribution in [0.4, 0.5) is 0 Å². The van der Waals surface area contributed by atoms with Crippen molar-refractivity contribution >= 4 is 12.6 Å². The maximum atomic E-state index is 11.8. The van der Waals surface area contributed by atoms with Crippen molar-refractivity contribution < 1.29 is 14.6 Å². The van der Waals surface area contributed by atoms with Crippen LogP contribution < -0.4 is 11.2 Å². The first-order chi connectivity index (χ1) is 9.42. The molecule has 3 unspecified atom stereocenters. The highest BCUT2D eigenvalue weighted by Gasteiger charge is 2.37. The number of rotatable bonds is 4. The number of nitrogens with zero attached hydrogens (tertiary/aromatic N) is 1. The Morgan fingerprint density at radius 2 is 2.35 bits per heavy atom. The summed E-state index contributed by atoms with van der Waals surface area (Å²) in [5, 5.41) is 9.31. The van der Waals surface area contributed by atoms with Gasteiger partial charge in [-0.25, -0.2) is 4.79 Å². The molecule has 1 saturated heterocycles. The molecule has 1 aromatic heterocycles. The number of nitrogens with one attached hydrogen (secondary N) is 1. The maximum absolute atomic E-state index is 11.8. The highest BCUT2D eigenvalue weighted by molar-refractivity contribution is 7.80. The molecule has 2 N–H and O–H groups in total. The van der Waals surface area contributed by atoms with E-state index in [1.165, 1.54) is 10.8 Å². The molecule has 1 aromatic rings. The van der Waals surface area contributed by atoms with E-state index in [-0.39, 0.29) is 18.1 Å². The molecule has 0 saturated carbocycles. The summed E-state index contributed by atoms with van der Waals surface area (Å²) < 4.78 is 12.5. The molecule has 1 aliphatic rings. The Balaban J connectivity index is 2.25. The minimum atomic E-state index is -0.577. The van der Waals surface area contributed by atoms with Crippen LogP contribution >= 0.6 is 12.6 Å². The Morgan fingerprint density at radius 3 is 2.95 bits per heavy atom. The molecular formula is C12H18N2O5S. The van der Waals surface area contributed by atoms with E-state index >= 15 is 0 Å². The minimum absolute atomic E-state index is 0.210. The van der Waals surface area contributed by atoms with Crippen LogP contribution in [0.3, 0.4) is 0 Å². The second-order valence-electron chi connectivity index (χ2n) is 4.80. The Hall–Kier alpha value is -1.09. The van der Waals surface area contributed by atoms with Crippen molar-refractivity contribution in [2.75, 3.05) is 6.61 Å². The largest absolute Gasteiger partial charge is 0.394 e. The summed E-state index contributed by atoms with van der Waals surface area (Å²) in [7, 11) is 0. The number of hydrogen-bond acceptors (Lipinski definition) is 6. The monoisotopic (exact) mass is 302 g/mol. The maximum Gasteiger partial charge on any atom is 0.330 e. The number of aryl methyl sites for hydroxylation is 1. The van der Waals surface area contributed by atoms with Gasteiger partial charge in [0.15, 0.2) is 0 Å². The number of aliphatic hydroxyl groups excluding tert-OH is 1. The van der Waals surface area contributed by atoms with Gasteiger partial charge in [0.05, 0.1) is 18.1 Å². The number of aliphatic hydroxyl groups is 1. The fourth-order valence-electron chi connectivity index (χ4n) is 2.23. The van der Waals surface area contributed by atoms with Crippen molar-refractivity contribution in [3.8, 4) is 0 Å². The number of thiol groups is 1. The smallest absolute Gasteiger partial charge is 0.330 e. The third-order valence-electron chi connectivity index (χ3n) is 3.19. The zero-order valence-electron chi connectivity index (χ0n) is 11.3. The third-order valence-corrected chi connectivity index (χ3v) is 3.31. The summed E-state index contributed by atoms with van der Waals surface area (Å²) in [6, 6.07) is 0. The van der Waals surface area contributed by atoms with E-state index < -0.39 is 23.6 Å². The minimum Gasteiger partial charge on any atom is -0.394 e. The first-order valence-corrected chi connectivity index (χ1v) is 6.86. The Morgan fingerprint density at radius 1 is 1.65 bits per heavy atom. The fraction of sp³-hybridized carbons (Fsp3) is 0.667. The van der Waals surface area contributed by atoms with Crippen LogP contribution in [0.25, 0.3) is 0 Å². The van der Waals surface area contributed by atoms with E-state index in [0.717, 1.165) is 0 Å². The van der Waals surface area contributed by atoms with Gasteiger partial charge in [0.1, 0.15) is 12.3 Å². The second-order valence-corrected chi connectivity index (χ2v) is 5.53. The van der Waals surface area contributed by atoms with Gasteiger partial charge in [-0.1, -0.05) is 0 Å². The molecule has 20 heavy (non-hydrogen) atoms. The van der Waals surface area contributed by atoms with Gasteiger partial charge in [-0.05, 0) is 13.8 Å². The predicted octanol–water partition coefficient (Wildman–Crippen LogP) is -0.214. The molecular weight excluding hydrogens is 284 g/mol. The molecule has 2 rings (SSSR count). The molecule has 4 atom stereocenters. The third kappa shape index (κ3) is 3.14. The summed E-state index contributed by atoms with van der Waals surface area (Å²) in [4.78, 5) is 25.4. The van der Waals surface area contributed by atoms with Crippen molar-refractivity contribution in [1.29, 1.82) is 0 Å². The van der Waals surface area contributed by atoms with Crippen LogP contribution in [0.5, 0.6) is 0 Å². The SMILES string of the molecule is Cc1cn(C2CC(O[C@H](C)S)C(CO)O2)c(=O)[nH]c1=O. The lowest BCUT2D eigenvalue weighted by atomic mass is 10.2. The van der Waals surface area contributed by atoms with E-state index in [2.05, 4.69) is 17.6 Å². The molecule has 0 aliphatic carbocycles. The first kappa shape index (κ1) is 15.3. The first-order valence-electron chi connectivity index (χ1n) is 6.34. The van der Waals surface area contributed by atoms with Crippen LogP contribution in [0.2, 0.25) is 0 Å². The molecule has 0 amide bonds. The molecule has 0 spiro atoms. The Labute approximate surface area is 120 Å². The Kier molecular flexibility index (Phi) is 4.69. The van der Waals surface area contributed by atoms with Gasteiger partial charge in [0.2, 0.25) is 0 Å². The van der Waals surface area contributed by atoms with Crippen LogP contribution in [-0.4, -0.2) is 38.9 Å². The van der Waals surface area contributed by atoms with Crippen molar-refractivity contribution in [3.63, 3.8) is 0 Å². The zero-order chi connectivity index (χ0) is 14.9. The quantitative estimate of drug-likeness (QED) is 0.528. The van der Waals surface area contributed by atoms with Crippen molar-refractivity contribution in [2.45, 2.75) is 44.1 Å². The molecule has 2 heterocycles. The van der Waals surface area contributed by atoms with E-state index in [0.29, 0.717) is 12.0 Å². The lowest BCUT2D eigenvalue weighted by Gasteiger charge is -2.18. The van der Waals surface area contributed by atoms with Crippen molar-refractivity contribution in [3.05, 3.63) is 32.6 Å². The van der Waals surface area contributed by atoms with E-state index in [9.17, 15) is 14.7 Å². The standard InChI is InChI=1S/C12H18N2O5S/c1-6-4-14(12(17)13-11(6)16)10-3-8(18-7(2)20)9(5-15)19-10/h4,7-10,15,20H,3,5H2,1-2H3,(H,13,16,17)/t7-,8?,9?,10?/m0/s1. The number of aromatic nitrogens is 2. The molecule has 0 radical (unpaired) electrons. The van der Waals surface area contributed by atoms with Crippen molar-refractivity contribution in [2.24, 2.45) is 0 Å². The van der Waals surface area contributed by atoms with E-state index in [1.807, 2.05) is 0 Å². The highest BCUT2D eigenvalue weighted by atomic mass is 32.1. The van der Waals surface area contributed by atoms with Gasteiger partial charge in [0, 0.05) is 18.2 Å². The molecule has 0 bridgehead atoms. The van der Waals surface area contributed by atoms with E-state index in [1.54, 1.807) is 13.8 Å². The van der Waals surface area contributed by atoms with Crippen LogP contribution in [-0.2, 0) is 9.47 Å². The number of ether oxygens (including phenoxy) is 2. The topological polar surface area (TPSA) is 93.6 Å². The van der Waals surface area contributed by atoms with Gasteiger partial charge in [-0.15, -0.1) is 12.6 Å². The molecule has 1 fully saturated rings. The van der Waals surface area contributed by atoms with Crippen LogP contribution in [0.15, 0.2) is 15.8 Å². The summed E-state index contributed by atoms with van der Waals surface area (Å²) in [5.41, 5.74) is -0.840. The van der Waals surface area contributed by atoms with Gasteiger partial charge in [0.25, 0.3) is 5.56 Å².